The molecule has 1 amide bonds. The average molecular weight is 930 g/mol. The Morgan fingerprint density at radius 3 is 1.38 bits per heavy atom. The summed E-state index contributed by atoms with van der Waals surface area (Å²) in [5.74, 6) is -0.193. The van der Waals surface area contributed by atoms with Crippen LogP contribution in [0.4, 0.5) is 0 Å². The zero-order valence-electron chi connectivity index (χ0n) is 42.4. The molecule has 66 heavy (non-hydrogen) atoms. The average Bonchev–Trinajstić information content (AvgIpc) is 3.32. The molecule has 0 spiro atoms. The Kier molecular flexibility index (Phi) is 43.7. The van der Waals surface area contributed by atoms with E-state index in [1.807, 2.05) is 6.08 Å². The van der Waals surface area contributed by atoms with Crippen LogP contribution >= 0.6 is 0 Å². The van der Waals surface area contributed by atoms with Crippen molar-refractivity contribution in [3.63, 3.8) is 0 Å². The maximum absolute atomic E-state index is 13.0. The number of unbranched alkanes of at least 4 members (excludes halogenated alkanes) is 28. The van der Waals surface area contributed by atoms with Crippen LogP contribution in [0.25, 0.3) is 0 Å². The van der Waals surface area contributed by atoms with Gasteiger partial charge in [-0.05, 0) is 77.0 Å². The molecular formula is C57H103NO8. The summed E-state index contributed by atoms with van der Waals surface area (Å²) < 4.78 is 11.2. The van der Waals surface area contributed by atoms with E-state index in [0.717, 1.165) is 57.8 Å². The van der Waals surface area contributed by atoms with Crippen LogP contribution in [0.5, 0.6) is 0 Å². The summed E-state index contributed by atoms with van der Waals surface area (Å²) in [7, 11) is 0. The second-order valence-electron chi connectivity index (χ2n) is 19.0. The molecule has 0 radical (unpaired) electrons. The van der Waals surface area contributed by atoms with E-state index in [0.29, 0.717) is 6.42 Å². The van der Waals surface area contributed by atoms with E-state index in [2.05, 4.69) is 67.8 Å². The molecule has 1 rings (SSSR count). The SMILES string of the molecule is CCCCCC/C=C/CC/C=C/CC/C=C/C(O)C(COC1OC(CO)C(O)C(O)C1O)NC(=O)CCCCCCCCCCCCCCC/C=C\C/C=C\CCCCCCCCCCC. The number of amides is 1. The van der Waals surface area contributed by atoms with Crippen LogP contribution in [-0.2, 0) is 14.3 Å². The Balaban J connectivity index is 2.21. The van der Waals surface area contributed by atoms with Gasteiger partial charge in [0.15, 0.2) is 6.29 Å². The molecule has 7 unspecified atom stereocenters. The summed E-state index contributed by atoms with van der Waals surface area (Å²) in [6, 6.07) is -0.830. The fourth-order valence-corrected chi connectivity index (χ4v) is 8.40. The summed E-state index contributed by atoms with van der Waals surface area (Å²) >= 11 is 0. The van der Waals surface area contributed by atoms with Gasteiger partial charge in [-0.25, -0.2) is 0 Å². The highest BCUT2D eigenvalue weighted by atomic mass is 16.7. The van der Waals surface area contributed by atoms with Crippen molar-refractivity contribution >= 4 is 5.91 Å². The highest BCUT2D eigenvalue weighted by Crippen LogP contribution is 2.23. The van der Waals surface area contributed by atoms with Crippen molar-refractivity contribution < 1.29 is 39.8 Å². The molecule has 7 atom stereocenters. The van der Waals surface area contributed by atoms with Gasteiger partial charge in [-0.3, -0.25) is 4.79 Å². The van der Waals surface area contributed by atoms with Gasteiger partial charge in [-0.2, -0.15) is 0 Å². The molecule has 1 aliphatic heterocycles. The van der Waals surface area contributed by atoms with Gasteiger partial charge in [0.2, 0.25) is 5.91 Å². The number of hydrogen-bond donors (Lipinski definition) is 6. The topological polar surface area (TPSA) is 149 Å². The molecule has 0 aromatic rings. The predicted octanol–water partition coefficient (Wildman–Crippen LogP) is 13.1. The third-order valence-electron chi connectivity index (χ3n) is 12.8. The van der Waals surface area contributed by atoms with E-state index >= 15 is 0 Å². The second-order valence-corrected chi connectivity index (χ2v) is 19.0. The van der Waals surface area contributed by atoms with Crippen molar-refractivity contribution in [1.29, 1.82) is 0 Å². The lowest BCUT2D eigenvalue weighted by Gasteiger charge is -2.40. The number of rotatable bonds is 46. The highest BCUT2D eigenvalue weighted by Gasteiger charge is 2.44. The van der Waals surface area contributed by atoms with Crippen LogP contribution in [0.3, 0.4) is 0 Å². The van der Waals surface area contributed by atoms with Gasteiger partial charge < -0.3 is 40.3 Å². The largest absolute Gasteiger partial charge is 0.394 e. The summed E-state index contributed by atoms with van der Waals surface area (Å²) in [4.78, 5) is 13.0. The standard InChI is InChI=1S/C57H103NO8/c1-3-5-7-9-11-13-15-17-19-20-21-22-23-24-25-26-27-28-29-30-31-32-33-35-37-39-41-43-45-47-53(61)58-50(49-65-57-56(64)55(63)54(62)52(48-59)66-57)51(60)46-44-42-40-38-36-34-18-16-14-12-10-8-6-4-2/h14,16,21-22,24-25,36,38,44,46,50-52,54-57,59-60,62-64H,3-13,15,17-20,23,26-35,37,39-43,45,47-49H2,1-2H3,(H,58,61)/b16-14+,22-21-,25-24-,38-36+,46-44+. The minimum Gasteiger partial charge on any atom is -0.394 e. The monoisotopic (exact) mass is 930 g/mol. The third kappa shape index (κ3) is 36.0. The fraction of sp³-hybridized carbons (Fsp3) is 0.807. The first-order chi connectivity index (χ1) is 32.3. The third-order valence-corrected chi connectivity index (χ3v) is 12.8. The lowest BCUT2D eigenvalue weighted by Crippen LogP contribution is -2.60. The molecule has 1 saturated heterocycles. The summed E-state index contributed by atoms with van der Waals surface area (Å²) in [5, 5.41) is 54.3. The number of aliphatic hydroxyl groups excluding tert-OH is 5. The van der Waals surface area contributed by atoms with Crippen LogP contribution in [-0.4, -0.2) is 87.5 Å². The molecule has 0 aliphatic carbocycles. The van der Waals surface area contributed by atoms with Crippen molar-refractivity contribution in [3.8, 4) is 0 Å². The fourth-order valence-electron chi connectivity index (χ4n) is 8.40. The molecule has 0 saturated carbocycles. The molecule has 0 aromatic carbocycles. The van der Waals surface area contributed by atoms with Gasteiger partial charge in [0.1, 0.15) is 24.4 Å². The lowest BCUT2D eigenvalue weighted by atomic mass is 9.99. The van der Waals surface area contributed by atoms with Crippen molar-refractivity contribution in [3.05, 3.63) is 60.8 Å². The smallest absolute Gasteiger partial charge is 0.220 e. The number of ether oxygens (including phenoxy) is 2. The van der Waals surface area contributed by atoms with E-state index < -0.39 is 49.5 Å². The number of aliphatic hydroxyl groups is 5. The Hall–Kier alpha value is -2.11. The first kappa shape index (κ1) is 61.9. The Bertz CT molecular complexity index is 1220. The van der Waals surface area contributed by atoms with Crippen LogP contribution < -0.4 is 5.32 Å². The van der Waals surface area contributed by atoms with Crippen molar-refractivity contribution in [2.24, 2.45) is 0 Å². The number of allylic oxidation sites excluding steroid dienone is 9. The van der Waals surface area contributed by atoms with Gasteiger partial charge in [0, 0.05) is 6.42 Å². The van der Waals surface area contributed by atoms with Gasteiger partial charge in [0.25, 0.3) is 0 Å². The van der Waals surface area contributed by atoms with E-state index in [1.165, 1.54) is 161 Å². The molecule has 9 heteroatoms. The van der Waals surface area contributed by atoms with Gasteiger partial charge in [0.05, 0.1) is 25.4 Å². The summed E-state index contributed by atoms with van der Waals surface area (Å²) in [5.41, 5.74) is 0. The normalized spacial score (nSPS) is 20.3. The molecule has 0 aromatic heterocycles. The summed E-state index contributed by atoms with van der Waals surface area (Å²) in [6.45, 7) is 3.73. The maximum atomic E-state index is 13.0. The van der Waals surface area contributed by atoms with Crippen LogP contribution in [0.1, 0.15) is 239 Å². The van der Waals surface area contributed by atoms with Crippen molar-refractivity contribution in [2.45, 2.75) is 281 Å². The van der Waals surface area contributed by atoms with Gasteiger partial charge >= 0.3 is 0 Å². The Morgan fingerprint density at radius 2 is 0.909 bits per heavy atom. The maximum Gasteiger partial charge on any atom is 0.220 e. The molecule has 6 N–H and O–H groups in total. The van der Waals surface area contributed by atoms with Crippen LogP contribution in [0.15, 0.2) is 60.8 Å². The van der Waals surface area contributed by atoms with Gasteiger partial charge in [-0.1, -0.05) is 216 Å². The minimum absolute atomic E-state index is 0.193. The van der Waals surface area contributed by atoms with E-state index in [-0.39, 0.29) is 12.5 Å². The van der Waals surface area contributed by atoms with Crippen LogP contribution in [0.2, 0.25) is 0 Å². The number of hydrogen-bond acceptors (Lipinski definition) is 8. The first-order valence-corrected chi connectivity index (χ1v) is 27.5. The summed E-state index contributed by atoms with van der Waals surface area (Å²) in [6.07, 6.45) is 55.7. The minimum atomic E-state index is -1.58. The molecule has 0 bridgehead atoms. The quantitative estimate of drug-likeness (QED) is 0.0261. The first-order valence-electron chi connectivity index (χ1n) is 27.5. The van der Waals surface area contributed by atoms with Gasteiger partial charge in [-0.15, -0.1) is 0 Å². The molecule has 1 fully saturated rings. The van der Waals surface area contributed by atoms with E-state index in [4.69, 9.17) is 9.47 Å². The molecule has 1 heterocycles. The highest BCUT2D eigenvalue weighted by molar-refractivity contribution is 5.76. The lowest BCUT2D eigenvalue weighted by molar-refractivity contribution is -0.302. The number of nitrogens with one attached hydrogen (secondary N) is 1. The zero-order valence-corrected chi connectivity index (χ0v) is 42.4. The van der Waals surface area contributed by atoms with E-state index in [9.17, 15) is 30.3 Å². The number of carbonyl (C=O) groups excluding carboxylic acids is 1. The molecule has 9 nitrogen and oxygen atoms in total. The van der Waals surface area contributed by atoms with Crippen LogP contribution in [0, 0.1) is 0 Å². The van der Waals surface area contributed by atoms with Crippen molar-refractivity contribution in [2.75, 3.05) is 13.2 Å². The second kappa shape index (κ2) is 46.6. The molecule has 384 valence electrons. The zero-order chi connectivity index (χ0) is 48.0. The molecule has 1 aliphatic rings. The van der Waals surface area contributed by atoms with E-state index in [1.54, 1.807) is 6.08 Å². The predicted molar refractivity (Wildman–Crippen MR) is 276 cm³/mol. The number of carbonyl (C=O) groups is 1. The molecular weight excluding hydrogens is 827 g/mol. The Morgan fingerprint density at radius 1 is 0.515 bits per heavy atom. The van der Waals surface area contributed by atoms with Crippen molar-refractivity contribution in [1.82, 2.24) is 5.32 Å². The Labute approximate surface area is 405 Å².